The summed E-state index contributed by atoms with van der Waals surface area (Å²) in [5.41, 5.74) is 1.87. The summed E-state index contributed by atoms with van der Waals surface area (Å²) in [6.45, 7) is 4.52. The van der Waals surface area contributed by atoms with Crippen LogP contribution in [0.25, 0.3) is 0 Å². The molecule has 1 unspecified atom stereocenters. The van der Waals surface area contributed by atoms with Crippen LogP contribution in [0.2, 0.25) is 5.02 Å². The maximum atomic E-state index is 12.7. The van der Waals surface area contributed by atoms with Crippen LogP contribution in [-0.2, 0) is 9.53 Å². The van der Waals surface area contributed by atoms with Crippen molar-refractivity contribution >= 4 is 23.6 Å². The number of hydrogen-bond donors (Lipinski definition) is 2. The van der Waals surface area contributed by atoms with Crippen molar-refractivity contribution < 1.29 is 14.3 Å². The summed E-state index contributed by atoms with van der Waals surface area (Å²) in [7, 11) is 0. The lowest BCUT2D eigenvalue weighted by atomic mass is 9.94. The minimum Gasteiger partial charge on any atom is -0.463 e. The molecule has 1 aromatic carbocycles. The van der Waals surface area contributed by atoms with E-state index in [2.05, 4.69) is 15.5 Å². The molecule has 0 spiro atoms. The molecule has 26 heavy (non-hydrogen) atoms. The molecule has 2 heterocycles. The molecule has 1 aromatic rings. The molecule has 0 saturated carbocycles. The summed E-state index contributed by atoms with van der Waals surface area (Å²) < 4.78 is 5.28. The number of ether oxygens (including phenoxy) is 1. The van der Waals surface area contributed by atoms with Gasteiger partial charge in [-0.15, -0.1) is 0 Å². The van der Waals surface area contributed by atoms with Gasteiger partial charge in [0.1, 0.15) is 0 Å². The summed E-state index contributed by atoms with van der Waals surface area (Å²) >= 11 is 5.98. The Labute approximate surface area is 158 Å². The largest absolute Gasteiger partial charge is 0.463 e. The van der Waals surface area contributed by atoms with E-state index in [1.807, 2.05) is 12.1 Å². The van der Waals surface area contributed by atoms with Gasteiger partial charge in [0.25, 0.3) is 0 Å². The number of nitrogens with zero attached hydrogens (tertiary/aromatic N) is 1. The van der Waals surface area contributed by atoms with E-state index >= 15 is 0 Å². The smallest absolute Gasteiger partial charge is 0.338 e. The van der Waals surface area contributed by atoms with Crippen molar-refractivity contribution in [2.75, 3.05) is 26.2 Å². The van der Waals surface area contributed by atoms with Gasteiger partial charge in [0.15, 0.2) is 0 Å². The maximum Gasteiger partial charge on any atom is 0.338 e. The normalized spacial score (nSPS) is 21.2. The third-order valence-corrected chi connectivity index (χ3v) is 4.93. The van der Waals surface area contributed by atoms with Gasteiger partial charge in [0.05, 0.1) is 18.2 Å². The quantitative estimate of drug-likeness (QED) is 0.774. The van der Waals surface area contributed by atoms with Crippen molar-refractivity contribution in [2.45, 2.75) is 32.2 Å². The van der Waals surface area contributed by atoms with Crippen LogP contribution in [0, 0.1) is 0 Å². The summed E-state index contributed by atoms with van der Waals surface area (Å²) in [6, 6.07) is 6.26. The molecule has 6 nitrogen and oxygen atoms in total. The van der Waals surface area contributed by atoms with Gasteiger partial charge < -0.3 is 15.4 Å². The van der Waals surface area contributed by atoms with E-state index in [1.54, 1.807) is 19.1 Å². The fourth-order valence-electron chi connectivity index (χ4n) is 3.44. The molecule has 7 heteroatoms. The highest BCUT2D eigenvalue weighted by Gasteiger charge is 2.34. The van der Waals surface area contributed by atoms with E-state index in [4.69, 9.17) is 16.3 Å². The fourth-order valence-corrected chi connectivity index (χ4v) is 3.56. The van der Waals surface area contributed by atoms with E-state index < -0.39 is 12.0 Å². The number of rotatable bonds is 5. The average Bonchev–Trinajstić information content (AvgIpc) is 2.63. The Balaban J connectivity index is 1.96. The van der Waals surface area contributed by atoms with Crippen LogP contribution in [-0.4, -0.2) is 43.1 Å². The molecule has 2 N–H and O–H groups in total. The van der Waals surface area contributed by atoms with Gasteiger partial charge in [0, 0.05) is 17.3 Å². The first-order valence-electron chi connectivity index (χ1n) is 9.04. The molecule has 0 aromatic heterocycles. The van der Waals surface area contributed by atoms with E-state index in [0.717, 1.165) is 31.5 Å². The molecule has 2 amide bonds. The van der Waals surface area contributed by atoms with Gasteiger partial charge in [-0.2, -0.15) is 0 Å². The number of hydrogen-bond acceptors (Lipinski definition) is 4. The summed E-state index contributed by atoms with van der Waals surface area (Å²) in [5.74, 6) is -0.410. The Hall–Kier alpha value is -2.05. The van der Waals surface area contributed by atoms with Crippen LogP contribution in [0.5, 0.6) is 0 Å². The minimum atomic E-state index is -0.556. The van der Waals surface area contributed by atoms with Gasteiger partial charge in [-0.1, -0.05) is 30.2 Å². The molecule has 140 valence electrons. The zero-order valence-electron chi connectivity index (χ0n) is 14.9. The predicted molar refractivity (Wildman–Crippen MR) is 99.8 cm³/mol. The number of likely N-dealkylation sites (tertiary alicyclic amines) is 1. The third-order valence-electron chi connectivity index (χ3n) is 4.68. The zero-order valence-corrected chi connectivity index (χ0v) is 15.6. The second-order valence-corrected chi connectivity index (χ2v) is 6.97. The van der Waals surface area contributed by atoms with E-state index in [1.165, 1.54) is 6.42 Å². The average molecular weight is 378 g/mol. The highest BCUT2D eigenvalue weighted by atomic mass is 35.5. The second-order valence-electron chi connectivity index (χ2n) is 6.53. The van der Waals surface area contributed by atoms with Crippen molar-refractivity contribution in [1.82, 2.24) is 15.5 Å². The maximum absolute atomic E-state index is 12.7. The van der Waals surface area contributed by atoms with Gasteiger partial charge in [-0.25, -0.2) is 9.59 Å². The van der Waals surface area contributed by atoms with E-state index in [0.29, 0.717) is 22.8 Å². The summed E-state index contributed by atoms with van der Waals surface area (Å²) in [4.78, 5) is 27.2. The molecule has 2 aliphatic rings. The number of benzene rings is 1. The van der Waals surface area contributed by atoms with Gasteiger partial charge in [-0.3, -0.25) is 4.90 Å². The molecule has 2 aliphatic heterocycles. The first-order chi connectivity index (χ1) is 12.6. The van der Waals surface area contributed by atoms with Crippen molar-refractivity contribution in [3.63, 3.8) is 0 Å². The molecular formula is C19H24ClN3O3. The van der Waals surface area contributed by atoms with Crippen molar-refractivity contribution in [2.24, 2.45) is 0 Å². The standard InChI is InChI=1S/C19H24ClN3O3/c1-2-26-18(24)16-15(12-23-10-4-3-5-11-23)21-19(25)22-17(16)13-6-8-14(20)9-7-13/h6-9,17H,2-5,10-12H2,1H3,(H2,21,22,25). The Morgan fingerprint density at radius 3 is 2.58 bits per heavy atom. The van der Waals surface area contributed by atoms with Crippen LogP contribution in [0.4, 0.5) is 4.79 Å². The number of amides is 2. The number of piperidine rings is 1. The third kappa shape index (κ3) is 4.37. The van der Waals surface area contributed by atoms with E-state index in [9.17, 15) is 9.59 Å². The second kappa shape index (κ2) is 8.56. The Morgan fingerprint density at radius 2 is 1.92 bits per heavy atom. The Bertz CT molecular complexity index is 696. The lowest BCUT2D eigenvalue weighted by Gasteiger charge is -2.33. The molecule has 1 atom stereocenters. The first-order valence-corrected chi connectivity index (χ1v) is 9.41. The van der Waals surface area contributed by atoms with Crippen molar-refractivity contribution in [3.8, 4) is 0 Å². The highest BCUT2D eigenvalue weighted by molar-refractivity contribution is 6.30. The summed E-state index contributed by atoms with van der Waals surface area (Å²) in [6.07, 6.45) is 3.49. The zero-order chi connectivity index (χ0) is 18.5. The number of carbonyl (C=O) groups excluding carboxylic acids is 2. The number of halogens is 1. The lowest BCUT2D eigenvalue weighted by Crippen LogP contribution is -2.49. The molecule has 1 fully saturated rings. The first kappa shape index (κ1) is 18.7. The molecule has 1 saturated heterocycles. The van der Waals surface area contributed by atoms with Crippen LogP contribution in [0.15, 0.2) is 35.5 Å². The topological polar surface area (TPSA) is 70.7 Å². The van der Waals surface area contributed by atoms with Gasteiger partial charge in [-0.05, 0) is 50.6 Å². The number of esters is 1. The minimum absolute atomic E-state index is 0.278. The molecule has 3 rings (SSSR count). The lowest BCUT2D eigenvalue weighted by molar-refractivity contribution is -0.139. The molecular weight excluding hydrogens is 354 g/mol. The van der Waals surface area contributed by atoms with Crippen molar-refractivity contribution in [1.29, 1.82) is 0 Å². The van der Waals surface area contributed by atoms with Crippen LogP contribution < -0.4 is 10.6 Å². The van der Waals surface area contributed by atoms with Crippen LogP contribution in [0.1, 0.15) is 37.8 Å². The van der Waals surface area contributed by atoms with Crippen molar-refractivity contribution in [3.05, 3.63) is 46.1 Å². The Kier molecular flexibility index (Phi) is 6.16. The van der Waals surface area contributed by atoms with Crippen LogP contribution >= 0.6 is 11.6 Å². The summed E-state index contributed by atoms with van der Waals surface area (Å²) in [5, 5.41) is 6.26. The highest BCUT2D eigenvalue weighted by Crippen LogP contribution is 2.29. The Morgan fingerprint density at radius 1 is 1.23 bits per heavy atom. The SMILES string of the molecule is CCOC(=O)C1=C(CN2CCCCC2)NC(=O)NC1c1ccc(Cl)cc1. The number of urea groups is 1. The predicted octanol–water partition coefficient (Wildman–Crippen LogP) is 3.00. The van der Waals surface area contributed by atoms with Gasteiger partial charge in [0.2, 0.25) is 0 Å². The van der Waals surface area contributed by atoms with Gasteiger partial charge >= 0.3 is 12.0 Å². The van der Waals surface area contributed by atoms with Crippen LogP contribution in [0.3, 0.4) is 0 Å². The molecule has 0 radical (unpaired) electrons. The molecule has 0 bridgehead atoms. The molecule has 0 aliphatic carbocycles. The number of carbonyl (C=O) groups is 2. The van der Waals surface area contributed by atoms with E-state index in [-0.39, 0.29) is 12.6 Å². The number of nitrogens with one attached hydrogen (secondary N) is 2. The monoisotopic (exact) mass is 377 g/mol. The fraction of sp³-hybridized carbons (Fsp3) is 0.474.